The van der Waals surface area contributed by atoms with Crippen molar-refractivity contribution >= 4 is 11.5 Å². The molecular formula is C13H21N3O2. The zero-order valence-electron chi connectivity index (χ0n) is 10.8. The van der Waals surface area contributed by atoms with Gasteiger partial charge in [-0.2, -0.15) is 4.98 Å². The standard InChI is InChI=1S/C13H21N3O2/c1-18-11-5-4-10(14)12(16-11)15-8-13(9-17)6-2-3-7-13/h4-5,17H,2-3,6-9,14H2,1H3,(H,15,16). The molecule has 4 N–H and O–H groups in total. The molecule has 1 aliphatic carbocycles. The predicted octanol–water partition coefficient (Wildman–Crippen LogP) is 1.64. The number of hydrogen-bond acceptors (Lipinski definition) is 5. The fourth-order valence-corrected chi connectivity index (χ4v) is 2.49. The van der Waals surface area contributed by atoms with Gasteiger partial charge in [-0.15, -0.1) is 0 Å². The third kappa shape index (κ3) is 2.67. The van der Waals surface area contributed by atoms with Crippen molar-refractivity contribution < 1.29 is 9.84 Å². The molecule has 1 saturated carbocycles. The van der Waals surface area contributed by atoms with Crippen LogP contribution in [0.1, 0.15) is 25.7 Å². The van der Waals surface area contributed by atoms with Gasteiger partial charge in [-0.05, 0) is 18.9 Å². The van der Waals surface area contributed by atoms with Crippen molar-refractivity contribution in [2.24, 2.45) is 5.41 Å². The van der Waals surface area contributed by atoms with Crippen LogP contribution >= 0.6 is 0 Å². The highest BCUT2D eigenvalue weighted by atomic mass is 16.5. The molecule has 1 heterocycles. The normalized spacial score (nSPS) is 17.7. The Kier molecular flexibility index (Phi) is 3.91. The quantitative estimate of drug-likeness (QED) is 0.741. The molecule has 0 amide bonds. The first-order valence-corrected chi connectivity index (χ1v) is 6.34. The lowest BCUT2D eigenvalue weighted by Gasteiger charge is -2.27. The predicted molar refractivity (Wildman–Crippen MR) is 71.7 cm³/mol. The zero-order chi connectivity index (χ0) is 13.0. The summed E-state index contributed by atoms with van der Waals surface area (Å²) >= 11 is 0. The Balaban J connectivity index is 2.05. The van der Waals surface area contributed by atoms with Gasteiger partial charge in [-0.3, -0.25) is 0 Å². The molecule has 0 spiro atoms. The van der Waals surface area contributed by atoms with Gasteiger partial charge in [0.25, 0.3) is 0 Å². The SMILES string of the molecule is COc1ccc(N)c(NCC2(CO)CCCC2)n1. The Morgan fingerprint density at radius 1 is 1.44 bits per heavy atom. The van der Waals surface area contributed by atoms with Gasteiger partial charge in [0.05, 0.1) is 19.4 Å². The first-order valence-electron chi connectivity index (χ1n) is 6.34. The van der Waals surface area contributed by atoms with E-state index in [0.29, 0.717) is 23.9 Å². The van der Waals surface area contributed by atoms with Crippen LogP contribution in [-0.4, -0.2) is 30.4 Å². The smallest absolute Gasteiger partial charge is 0.215 e. The molecule has 100 valence electrons. The van der Waals surface area contributed by atoms with Crippen LogP contribution in [0.2, 0.25) is 0 Å². The zero-order valence-corrected chi connectivity index (χ0v) is 10.8. The number of nitrogens with zero attached hydrogens (tertiary/aromatic N) is 1. The monoisotopic (exact) mass is 251 g/mol. The molecule has 0 unspecified atom stereocenters. The van der Waals surface area contributed by atoms with E-state index in [4.69, 9.17) is 10.5 Å². The summed E-state index contributed by atoms with van der Waals surface area (Å²) in [7, 11) is 1.58. The third-order valence-electron chi connectivity index (χ3n) is 3.74. The molecular weight excluding hydrogens is 230 g/mol. The van der Waals surface area contributed by atoms with Crippen LogP contribution in [0.4, 0.5) is 11.5 Å². The maximum Gasteiger partial charge on any atom is 0.215 e. The van der Waals surface area contributed by atoms with E-state index in [1.165, 1.54) is 12.8 Å². The molecule has 1 aliphatic rings. The number of nitrogens with two attached hydrogens (primary N) is 1. The Hall–Kier alpha value is -1.49. The lowest BCUT2D eigenvalue weighted by atomic mass is 9.87. The van der Waals surface area contributed by atoms with Gasteiger partial charge in [0, 0.05) is 18.0 Å². The maximum atomic E-state index is 9.55. The first-order chi connectivity index (χ1) is 8.69. The number of aliphatic hydroxyl groups is 1. The van der Waals surface area contributed by atoms with E-state index in [0.717, 1.165) is 12.8 Å². The number of nitrogens with one attached hydrogen (secondary N) is 1. The molecule has 0 aromatic carbocycles. The Labute approximate surface area is 107 Å². The fraction of sp³-hybridized carbons (Fsp3) is 0.615. The van der Waals surface area contributed by atoms with E-state index >= 15 is 0 Å². The molecule has 1 aromatic heterocycles. The minimum absolute atomic E-state index is 0.0167. The summed E-state index contributed by atoms with van der Waals surface area (Å²) in [6.45, 7) is 0.914. The number of methoxy groups -OCH3 is 1. The van der Waals surface area contributed by atoms with Crippen molar-refractivity contribution in [3.63, 3.8) is 0 Å². The Morgan fingerprint density at radius 2 is 2.17 bits per heavy atom. The highest BCUT2D eigenvalue weighted by Gasteiger charge is 2.33. The second-order valence-corrected chi connectivity index (χ2v) is 5.01. The van der Waals surface area contributed by atoms with Gasteiger partial charge in [-0.25, -0.2) is 0 Å². The average molecular weight is 251 g/mol. The number of hydrogen-bond donors (Lipinski definition) is 3. The summed E-state index contributed by atoms with van der Waals surface area (Å²) in [5.74, 6) is 1.17. The topological polar surface area (TPSA) is 80.4 Å². The maximum absolute atomic E-state index is 9.55. The van der Waals surface area contributed by atoms with E-state index < -0.39 is 0 Å². The van der Waals surface area contributed by atoms with Gasteiger partial charge >= 0.3 is 0 Å². The summed E-state index contributed by atoms with van der Waals surface area (Å²) in [5, 5.41) is 12.8. The highest BCUT2D eigenvalue weighted by Crippen LogP contribution is 2.38. The summed E-state index contributed by atoms with van der Waals surface area (Å²) < 4.78 is 5.08. The molecule has 0 bridgehead atoms. The number of rotatable bonds is 5. The molecule has 1 aromatic rings. The summed E-state index contributed by atoms with van der Waals surface area (Å²) in [6, 6.07) is 3.51. The largest absolute Gasteiger partial charge is 0.481 e. The number of nitrogen functional groups attached to an aromatic ring is 1. The highest BCUT2D eigenvalue weighted by molar-refractivity contribution is 5.62. The molecule has 1 fully saturated rings. The minimum Gasteiger partial charge on any atom is -0.481 e. The molecule has 0 radical (unpaired) electrons. The van der Waals surface area contributed by atoms with Gasteiger partial charge < -0.3 is 20.9 Å². The Bertz CT molecular complexity index is 403. The Morgan fingerprint density at radius 3 is 2.78 bits per heavy atom. The number of ether oxygens (including phenoxy) is 1. The van der Waals surface area contributed by atoms with E-state index in [2.05, 4.69) is 10.3 Å². The van der Waals surface area contributed by atoms with Gasteiger partial charge in [-0.1, -0.05) is 12.8 Å². The van der Waals surface area contributed by atoms with Crippen LogP contribution in [0.15, 0.2) is 12.1 Å². The van der Waals surface area contributed by atoms with Crippen LogP contribution in [0, 0.1) is 5.41 Å². The van der Waals surface area contributed by atoms with Gasteiger partial charge in [0.1, 0.15) is 0 Å². The van der Waals surface area contributed by atoms with Crippen LogP contribution in [0.3, 0.4) is 0 Å². The number of pyridine rings is 1. The minimum atomic E-state index is -0.0167. The summed E-state index contributed by atoms with van der Waals surface area (Å²) in [6.07, 6.45) is 4.48. The fourth-order valence-electron chi connectivity index (χ4n) is 2.49. The molecule has 2 rings (SSSR count). The van der Waals surface area contributed by atoms with Crippen molar-refractivity contribution in [3.05, 3.63) is 12.1 Å². The van der Waals surface area contributed by atoms with E-state index in [9.17, 15) is 5.11 Å². The van der Waals surface area contributed by atoms with Crippen LogP contribution in [-0.2, 0) is 0 Å². The van der Waals surface area contributed by atoms with Crippen molar-refractivity contribution in [2.75, 3.05) is 31.3 Å². The van der Waals surface area contributed by atoms with Crippen molar-refractivity contribution in [1.82, 2.24) is 4.98 Å². The van der Waals surface area contributed by atoms with Crippen molar-refractivity contribution in [2.45, 2.75) is 25.7 Å². The van der Waals surface area contributed by atoms with Gasteiger partial charge in [0.15, 0.2) is 5.82 Å². The molecule has 18 heavy (non-hydrogen) atoms. The molecule has 5 nitrogen and oxygen atoms in total. The number of aliphatic hydroxyl groups excluding tert-OH is 1. The lowest BCUT2D eigenvalue weighted by molar-refractivity contribution is 0.142. The molecule has 0 aliphatic heterocycles. The van der Waals surface area contributed by atoms with E-state index in [1.54, 1.807) is 19.2 Å². The van der Waals surface area contributed by atoms with Crippen LogP contribution < -0.4 is 15.8 Å². The van der Waals surface area contributed by atoms with Crippen LogP contribution in [0.25, 0.3) is 0 Å². The molecule has 0 atom stereocenters. The third-order valence-corrected chi connectivity index (χ3v) is 3.74. The van der Waals surface area contributed by atoms with Crippen molar-refractivity contribution in [1.29, 1.82) is 0 Å². The summed E-state index contributed by atoms with van der Waals surface area (Å²) in [4.78, 5) is 4.28. The van der Waals surface area contributed by atoms with Crippen LogP contribution in [0.5, 0.6) is 5.88 Å². The second-order valence-electron chi connectivity index (χ2n) is 5.01. The molecule has 5 heteroatoms. The molecule has 0 saturated heterocycles. The number of aromatic nitrogens is 1. The van der Waals surface area contributed by atoms with Gasteiger partial charge in [0.2, 0.25) is 5.88 Å². The second kappa shape index (κ2) is 5.44. The van der Waals surface area contributed by atoms with E-state index in [1.807, 2.05) is 0 Å². The first kappa shape index (κ1) is 13.0. The van der Waals surface area contributed by atoms with E-state index in [-0.39, 0.29) is 12.0 Å². The summed E-state index contributed by atoms with van der Waals surface area (Å²) in [5.41, 5.74) is 6.45. The average Bonchev–Trinajstić information content (AvgIpc) is 2.87. The lowest BCUT2D eigenvalue weighted by Crippen LogP contribution is -2.31. The number of anilines is 2. The van der Waals surface area contributed by atoms with Crippen molar-refractivity contribution in [3.8, 4) is 5.88 Å².